The second kappa shape index (κ2) is 7.52. The zero-order chi connectivity index (χ0) is 14.4. The van der Waals surface area contributed by atoms with Crippen LogP contribution in [0.15, 0.2) is 24.3 Å². The number of carbonyl (C=O) groups is 1. The van der Waals surface area contributed by atoms with E-state index in [0.717, 1.165) is 6.54 Å². The largest absolute Gasteiger partial charge is 0.492 e. The molecule has 0 spiro atoms. The monoisotopic (exact) mass is 295 g/mol. The Labute approximate surface area is 123 Å². The number of hydrogen-bond donors (Lipinski definition) is 2. The first-order valence-corrected chi connectivity index (χ1v) is 7.88. The van der Waals surface area contributed by atoms with E-state index in [9.17, 15) is 4.79 Å². The van der Waals surface area contributed by atoms with Crippen molar-refractivity contribution in [3.63, 3.8) is 0 Å². The number of nitrogens with two attached hydrogens (primary N) is 1. The molecule has 20 heavy (non-hydrogen) atoms. The Balaban J connectivity index is 1.80. The number of rotatable bonds is 6. The molecule has 1 aliphatic heterocycles. The zero-order valence-electron chi connectivity index (χ0n) is 11.7. The molecule has 110 valence electrons. The van der Waals surface area contributed by atoms with Gasteiger partial charge in [-0.1, -0.05) is 6.07 Å². The lowest BCUT2D eigenvalue weighted by Gasteiger charge is -2.23. The van der Waals surface area contributed by atoms with E-state index in [1.54, 1.807) is 18.2 Å². The highest BCUT2D eigenvalue weighted by Gasteiger charge is 2.19. The van der Waals surface area contributed by atoms with Gasteiger partial charge < -0.3 is 4.74 Å². The van der Waals surface area contributed by atoms with E-state index in [2.05, 4.69) is 17.4 Å². The summed E-state index contributed by atoms with van der Waals surface area (Å²) in [5.74, 6) is 7.97. The summed E-state index contributed by atoms with van der Waals surface area (Å²) in [5, 5.41) is 0. The lowest BCUT2D eigenvalue weighted by atomic mass is 10.2. The molecule has 0 radical (unpaired) electrons. The number of nitrogens with one attached hydrogen (secondary N) is 1. The van der Waals surface area contributed by atoms with Gasteiger partial charge in [0, 0.05) is 23.9 Å². The van der Waals surface area contributed by atoms with Crippen molar-refractivity contribution in [2.45, 2.75) is 12.5 Å². The third-order valence-electron chi connectivity index (χ3n) is 3.47. The molecule has 1 saturated heterocycles. The van der Waals surface area contributed by atoms with Crippen molar-refractivity contribution in [3.8, 4) is 5.75 Å². The Bertz CT molecular complexity index is 450. The van der Waals surface area contributed by atoms with E-state index in [1.165, 1.54) is 17.9 Å². The average Bonchev–Trinajstić information content (AvgIpc) is 3.01. The molecule has 1 aromatic rings. The minimum atomic E-state index is -0.310. The molecule has 0 aliphatic carbocycles. The van der Waals surface area contributed by atoms with Gasteiger partial charge in [0.05, 0.1) is 0 Å². The van der Waals surface area contributed by atoms with Gasteiger partial charge in [0.25, 0.3) is 5.91 Å². The molecule has 1 aromatic carbocycles. The van der Waals surface area contributed by atoms with E-state index in [-0.39, 0.29) is 5.91 Å². The molecule has 1 heterocycles. The van der Waals surface area contributed by atoms with E-state index in [4.69, 9.17) is 10.6 Å². The molecule has 1 unspecified atom stereocenters. The van der Waals surface area contributed by atoms with Gasteiger partial charge >= 0.3 is 0 Å². The minimum absolute atomic E-state index is 0.310. The van der Waals surface area contributed by atoms with E-state index >= 15 is 0 Å². The van der Waals surface area contributed by atoms with Crippen LogP contribution in [-0.2, 0) is 0 Å². The predicted molar refractivity (Wildman–Crippen MR) is 82.0 cm³/mol. The summed E-state index contributed by atoms with van der Waals surface area (Å²) in [6, 6.07) is 7.71. The van der Waals surface area contributed by atoms with Crippen LogP contribution in [0.4, 0.5) is 0 Å². The summed E-state index contributed by atoms with van der Waals surface area (Å²) in [6.07, 6.45) is 1.26. The van der Waals surface area contributed by atoms with E-state index in [0.29, 0.717) is 24.0 Å². The van der Waals surface area contributed by atoms with Crippen molar-refractivity contribution in [1.29, 1.82) is 0 Å². The van der Waals surface area contributed by atoms with Crippen LogP contribution in [0.25, 0.3) is 0 Å². The van der Waals surface area contributed by atoms with Crippen LogP contribution in [0, 0.1) is 0 Å². The molecule has 1 amide bonds. The van der Waals surface area contributed by atoms with Crippen LogP contribution in [0.2, 0.25) is 0 Å². The first-order chi connectivity index (χ1) is 9.70. The Morgan fingerprint density at radius 1 is 1.60 bits per heavy atom. The maximum atomic E-state index is 11.4. The summed E-state index contributed by atoms with van der Waals surface area (Å²) >= 11 is 2.01. The fourth-order valence-electron chi connectivity index (χ4n) is 2.17. The van der Waals surface area contributed by atoms with Crippen LogP contribution < -0.4 is 16.0 Å². The number of hydrogen-bond acceptors (Lipinski definition) is 5. The first-order valence-electron chi connectivity index (χ1n) is 6.72. The second-order valence-corrected chi connectivity index (χ2v) is 6.00. The standard InChI is InChI=1S/C14H21N3O2S/c1-17(12-5-8-20-10-12)6-7-19-13-4-2-3-11(9-13)14(18)16-15/h2-4,9,12H,5-8,10,15H2,1H3,(H,16,18). The quantitative estimate of drug-likeness (QED) is 0.467. The van der Waals surface area contributed by atoms with Crippen LogP contribution in [-0.4, -0.2) is 48.6 Å². The van der Waals surface area contributed by atoms with Crippen molar-refractivity contribution < 1.29 is 9.53 Å². The van der Waals surface area contributed by atoms with Gasteiger partial charge in [-0.15, -0.1) is 0 Å². The fourth-order valence-corrected chi connectivity index (χ4v) is 3.47. The maximum Gasteiger partial charge on any atom is 0.265 e. The topological polar surface area (TPSA) is 67.6 Å². The molecule has 2 rings (SSSR count). The fraction of sp³-hybridized carbons (Fsp3) is 0.500. The minimum Gasteiger partial charge on any atom is -0.492 e. The van der Waals surface area contributed by atoms with Crippen molar-refractivity contribution in [2.75, 3.05) is 31.7 Å². The third kappa shape index (κ3) is 4.13. The lowest BCUT2D eigenvalue weighted by molar-refractivity contribution is 0.0953. The molecular formula is C14H21N3O2S. The molecule has 1 aliphatic rings. The highest BCUT2D eigenvalue weighted by atomic mass is 32.2. The number of hydrazine groups is 1. The van der Waals surface area contributed by atoms with Crippen LogP contribution in [0.5, 0.6) is 5.75 Å². The van der Waals surface area contributed by atoms with Gasteiger partial charge in [-0.2, -0.15) is 11.8 Å². The molecule has 0 bridgehead atoms. The molecule has 6 heteroatoms. The number of nitrogen functional groups attached to an aromatic ring is 1. The van der Waals surface area contributed by atoms with Crippen LogP contribution in [0.1, 0.15) is 16.8 Å². The Hall–Kier alpha value is -1.24. The van der Waals surface area contributed by atoms with Gasteiger partial charge in [-0.05, 0) is 37.4 Å². The smallest absolute Gasteiger partial charge is 0.265 e. The second-order valence-electron chi connectivity index (χ2n) is 4.85. The molecule has 0 aromatic heterocycles. The SMILES string of the molecule is CN(CCOc1cccc(C(=O)NN)c1)C1CCSC1. The molecule has 1 atom stereocenters. The van der Waals surface area contributed by atoms with Crippen molar-refractivity contribution >= 4 is 17.7 Å². The molecule has 0 saturated carbocycles. The number of likely N-dealkylation sites (N-methyl/N-ethyl adjacent to an activating group) is 1. The third-order valence-corrected chi connectivity index (χ3v) is 4.61. The summed E-state index contributed by atoms with van der Waals surface area (Å²) in [6.45, 7) is 1.50. The van der Waals surface area contributed by atoms with E-state index in [1.807, 2.05) is 17.8 Å². The van der Waals surface area contributed by atoms with Crippen molar-refractivity contribution in [1.82, 2.24) is 10.3 Å². The summed E-state index contributed by atoms with van der Waals surface area (Å²) in [4.78, 5) is 13.8. The van der Waals surface area contributed by atoms with Gasteiger partial charge in [-0.3, -0.25) is 15.1 Å². The molecule has 3 N–H and O–H groups in total. The summed E-state index contributed by atoms with van der Waals surface area (Å²) < 4.78 is 5.70. The Morgan fingerprint density at radius 3 is 3.15 bits per heavy atom. The number of benzene rings is 1. The van der Waals surface area contributed by atoms with E-state index < -0.39 is 0 Å². The highest BCUT2D eigenvalue weighted by Crippen LogP contribution is 2.21. The Morgan fingerprint density at radius 2 is 2.45 bits per heavy atom. The lowest BCUT2D eigenvalue weighted by Crippen LogP contribution is -2.34. The predicted octanol–water partition coefficient (Wildman–Crippen LogP) is 1.11. The number of ether oxygens (including phenoxy) is 1. The van der Waals surface area contributed by atoms with Gasteiger partial charge in [-0.25, -0.2) is 5.84 Å². The van der Waals surface area contributed by atoms with Gasteiger partial charge in [0.1, 0.15) is 12.4 Å². The number of thioether (sulfide) groups is 1. The van der Waals surface area contributed by atoms with Crippen LogP contribution in [0.3, 0.4) is 0 Å². The number of carbonyl (C=O) groups excluding carboxylic acids is 1. The molecule has 1 fully saturated rings. The van der Waals surface area contributed by atoms with Crippen molar-refractivity contribution in [3.05, 3.63) is 29.8 Å². The highest BCUT2D eigenvalue weighted by molar-refractivity contribution is 7.99. The number of amides is 1. The van der Waals surface area contributed by atoms with Crippen LogP contribution >= 0.6 is 11.8 Å². The Kier molecular flexibility index (Phi) is 5.70. The molecular weight excluding hydrogens is 274 g/mol. The maximum absolute atomic E-state index is 11.4. The zero-order valence-corrected chi connectivity index (χ0v) is 12.5. The van der Waals surface area contributed by atoms with Gasteiger partial charge in [0.15, 0.2) is 0 Å². The molecule has 5 nitrogen and oxygen atoms in total. The summed E-state index contributed by atoms with van der Waals surface area (Å²) in [7, 11) is 2.14. The first kappa shape index (κ1) is 15.2. The average molecular weight is 295 g/mol. The normalized spacial score (nSPS) is 18.2. The van der Waals surface area contributed by atoms with Crippen molar-refractivity contribution in [2.24, 2.45) is 5.84 Å². The number of nitrogens with zero attached hydrogens (tertiary/aromatic N) is 1. The van der Waals surface area contributed by atoms with Gasteiger partial charge in [0.2, 0.25) is 0 Å². The summed E-state index contributed by atoms with van der Waals surface area (Å²) in [5.41, 5.74) is 2.62.